The van der Waals surface area contributed by atoms with Crippen molar-refractivity contribution in [3.8, 4) is 17.2 Å². The zero-order valence-electron chi connectivity index (χ0n) is 24.2. The maximum atomic E-state index is 13.9. The summed E-state index contributed by atoms with van der Waals surface area (Å²) in [6, 6.07) is 22.7. The molecule has 9 nitrogen and oxygen atoms in total. The van der Waals surface area contributed by atoms with Crippen molar-refractivity contribution in [3.05, 3.63) is 95.2 Å². The summed E-state index contributed by atoms with van der Waals surface area (Å²) in [6.07, 6.45) is 1.77. The van der Waals surface area contributed by atoms with E-state index in [4.69, 9.17) is 24.3 Å². The van der Waals surface area contributed by atoms with Crippen LogP contribution in [0.3, 0.4) is 0 Å². The predicted molar refractivity (Wildman–Crippen MR) is 166 cm³/mol. The molecular weight excluding hydrogens is 550 g/mol. The quantitative estimate of drug-likeness (QED) is 0.186. The van der Waals surface area contributed by atoms with E-state index in [0.29, 0.717) is 51.9 Å². The second-order valence-electron chi connectivity index (χ2n) is 9.73. The molecule has 0 radical (unpaired) electrons. The largest absolute Gasteiger partial charge is 0.495 e. The van der Waals surface area contributed by atoms with Crippen LogP contribution in [-0.4, -0.2) is 47.3 Å². The Morgan fingerprint density at radius 2 is 1.76 bits per heavy atom. The van der Waals surface area contributed by atoms with Gasteiger partial charge in [0.05, 0.1) is 32.1 Å². The standard InChI is InChI=1S/C32H35N5O4S/c1-5-19-42-32-35-31-33-21(2)28(30(38)34-24-13-9-10-14-25(24)39-3)29(37(31)36-32)23-15-16-26(27(20-23)40-4)41-18-17-22-11-7-6-8-12-22/h6-16,20,29H,5,17-19H2,1-4H3,(H,34,38)(H,33,35,36). The summed E-state index contributed by atoms with van der Waals surface area (Å²) < 4.78 is 19.1. The Balaban J connectivity index is 1.49. The number of hydrogen-bond donors (Lipinski definition) is 2. The molecule has 2 heterocycles. The molecule has 0 saturated carbocycles. The van der Waals surface area contributed by atoms with Crippen molar-refractivity contribution in [2.45, 2.75) is 37.9 Å². The average molecular weight is 586 g/mol. The zero-order chi connectivity index (χ0) is 29.5. The Kier molecular flexibility index (Phi) is 9.33. The van der Waals surface area contributed by atoms with Crippen LogP contribution in [0.15, 0.2) is 89.2 Å². The first kappa shape index (κ1) is 29.1. The molecule has 0 saturated heterocycles. The molecule has 0 fully saturated rings. The van der Waals surface area contributed by atoms with Gasteiger partial charge in [-0.15, -0.1) is 5.10 Å². The number of nitrogens with one attached hydrogen (secondary N) is 2. The van der Waals surface area contributed by atoms with Gasteiger partial charge < -0.3 is 24.8 Å². The lowest BCUT2D eigenvalue weighted by atomic mass is 9.94. The van der Waals surface area contributed by atoms with Crippen LogP contribution in [-0.2, 0) is 11.2 Å². The summed E-state index contributed by atoms with van der Waals surface area (Å²) in [7, 11) is 3.19. The molecule has 4 aromatic rings. The minimum absolute atomic E-state index is 0.277. The first-order chi connectivity index (χ1) is 20.5. The number of allylic oxidation sites excluding steroid dienone is 1. The van der Waals surface area contributed by atoms with Gasteiger partial charge in [0.25, 0.3) is 5.91 Å². The third kappa shape index (κ3) is 6.38. The highest BCUT2D eigenvalue weighted by atomic mass is 32.2. The molecule has 3 aromatic carbocycles. The summed E-state index contributed by atoms with van der Waals surface area (Å²) in [5.74, 6) is 2.97. The fraction of sp³-hybridized carbons (Fsp3) is 0.281. The Labute approximate surface area is 250 Å². The van der Waals surface area contributed by atoms with Gasteiger partial charge in [0.1, 0.15) is 11.8 Å². The van der Waals surface area contributed by atoms with Gasteiger partial charge in [0.2, 0.25) is 11.1 Å². The molecule has 10 heteroatoms. The van der Waals surface area contributed by atoms with Crippen molar-refractivity contribution < 1.29 is 19.0 Å². The lowest BCUT2D eigenvalue weighted by Gasteiger charge is -2.29. The average Bonchev–Trinajstić information content (AvgIpc) is 3.42. The minimum atomic E-state index is -0.563. The van der Waals surface area contributed by atoms with E-state index in [0.717, 1.165) is 24.2 Å². The summed E-state index contributed by atoms with van der Waals surface area (Å²) in [5, 5.41) is 11.8. The van der Waals surface area contributed by atoms with Crippen LogP contribution in [0.4, 0.5) is 11.6 Å². The molecule has 1 aromatic heterocycles. The van der Waals surface area contributed by atoms with Crippen LogP contribution in [0.2, 0.25) is 0 Å². The Morgan fingerprint density at radius 3 is 2.52 bits per heavy atom. The lowest BCUT2D eigenvalue weighted by molar-refractivity contribution is -0.113. The van der Waals surface area contributed by atoms with E-state index in [2.05, 4.69) is 29.7 Å². The number of amides is 1. The van der Waals surface area contributed by atoms with E-state index in [1.807, 2.05) is 67.6 Å². The molecule has 42 heavy (non-hydrogen) atoms. The summed E-state index contributed by atoms with van der Waals surface area (Å²) >= 11 is 1.58. The van der Waals surface area contributed by atoms with E-state index < -0.39 is 6.04 Å². The number of rotatable bonds is 12. The van der Waals surface area contributed by atoms with Crippen LogP contribution in [0.5, 0.6) is 17.2 Å². The predicted octanol–water partition coefficient (Wildman–Crippen LogP) is 6.35. The van der Waals surface area contributed by atoms with E-state index in [1.165, 1.54) is 5.56 Å². The molecule has 1 amide bonds. The molecule has 1 aliphatic heterocycles. The van der Waals surface area contributed by atoms with Gasteiger partial charge >= 0.3 is 0 Å². The van der Waals surface area contributed by atoms with E-state index in [-0.39, 0.29) is 5.91 Å². The second kappa shape index (κ2) is 13.5. The highest BCUT2D eigenvalue weighted by Gasteiger charge is 2.35. The number of carbonyl (C=O) groups excluding carboxylic acids is 1. The van der Waals surface area contributed by atoms with Crippen LogP contribution in [0.25, 0.3) is 0 Å². The van der Waals surface area contributed by atoms with Gasteiger partial charge in [0, 0.05) is 17.9 Å². The maximum Gasteiger partial charge on any atom is 0.255 e. The maximum absolute atomic E-state index is 13.9. The fourth-order valence-electron chi connectivity index (χ4n) is 4.82. The number of para-hydroxylation sites is 2. The first-order valence-corrected chi connectivity index (χ1v) is 14.9. The van der Waals surface area contributed by atoms with Crippen LogP contribution >= 0.6 is 11.8 Å². The number of fused-ring (bicyclic) bond motifs is 1. The summed E-state index contributed by atoms with van der Waals surface area (Å²) in [6.45, 7) is 4.50. The van der Waals surface area contributed by atoms with Crippen molar-refractivity contribution in [2.24, 2.45) is 0 Å². The van der Waals surface area contributed by atoms with Crippen LogP contribution in [0, 0.1) is 0 Å². The van der Waals surface area contributed by atoms with Crippen LogP contribution < -0.4 is 24.8 Å². The normalized spacial score (nSPS) is 14.1. The summed E-state index contributed by atoms with van der Waals surface area (Å²) in [5.41, 5.74) is 3.77. The fourth-order valence-corrected chi connectivity index (χ4v) is 5.51. The highest BCUT2D eigenvalue weighted by Crippen LogP contribution is 2.40. The number of thioether (sulfide) groups is 1. The van der Waals surface area contributed by atoms with Crippen molar-refractivity contribution in [1.29, 1.82) is 0 Å². The van der Waals surface area contributed by atoms with Gasteiger partial charge in [-0.05, 0) is 48.7 Å². The number of nitrogens with zero attached hydrogens (tertiary/aromatic N) is 3. The molecule has 0 bridgehead atoms. The van der Waals surface area contributed by atoms with E-state index in [9.17, 15) is 4.79 Å². The van der Waals surface area contributed by atoms with Crippen molar-refractivity contribution in [3.63, 3.8) is 0 Å². The smallest absolute Gasteiger partial charge is 0.255 e. The molecule has 5 rings (SSSR count). The molecule has 0 spiro atoms. The third-order valence-electron chi connectivity index (χ3n) is 6.86. The lowest BCUT2D eigenvalue weighted by Crippen LogP contribution is -2.31. The third-order valence-corrected chi connectivity index (χ3v) is 7.91. The number of anilines is 2. The van der Waals surface area contributed by atoms with Gasteiger partial charge in [-0.3, -0.25) is 4.79 Å². The highest BCUT2D eigenvalue weighted by molar-refractivity contribution is 7.99. The minimum Gasteiger partial charge on any atom is -0.495 e. The SMILES string of the molecule is CCCSc1nc2n(n1)C(c1ccc(OCCc3ccccc3)c(OC)c1)C(C(=O)Nc1ccccc1OC)=C(C)N2. The molecule has 1 unspecified atom stereocenters. The summed E-state index contributed by atoms with van der Waals surface area (Å²) in [4.78, 5) is 18.6. The van der Waals surface area contributed by atoms with Gasteiger partial charge in [-0.1, -0.05) is 67.2 Å². The zero-order valence-corrected chi connectivity index (χ0v) is 25.0. The number of benzene rings is 3. The topological polar surface area (TPSA) is 99.5 Å². The second-order valence-corrected chi connectivity index (χ2v) is 10.8. The Hall–Kier alpha value is -4.44. The van der Waals surface area contributed by atoms with Crippen molar-refractivity contribution in [1.82, 2.24) is 14.8 Å². The van der Waals surface area contributed by atoms with Gasteiger partial charge in [-0.2, -0.15) is 4.98 Å². The number of ether oxygens (including phenoxy) is 3. The van der Waals surface area contributed by atoms with Crippen LogP contribution in [0.1, 0.15) is 37.4 Å². The molecule has 1 aliphatic rings. The van der Waals surface area contributed by atoms with E-state index >= 15 is 0 Å². The van der Waals surface area contributed by atoms with Gasteiger partial charge in [0.15, 0.2) is 11.5 Å². The Bertz CT molecular complexity index is 1570. The first-order valence-electron chi connectivity index (χ1n) is 13.9. The number of aromatic nitrogens is 3. The molecular formula is C32H35N5O4S. The number of hydrogen-bond acceptors (Lipinski definition) is 8. The molecule has 0 aliphatic carbocycles. The monoisotopic (exact) mass is 585 g/mol. The Morgan fingerprint density at radius 1 is 1.00 bits per heavy atom. The molecule has 218 valence electrons. The number of methoxy groups -OCH3 is 2. The molecule has 2 N–H and O–H groups in total. The number of carbonyl (C=O) groups is 1. The van der Waals surface area contributed by atoms with E-state index in [1.54, 1.807) is 30.7 Å². The van der Waals surface area contributed by atoms with Gasteiger partial charge in [-0.25, -0.2) is 4.68 Å². The van der Waals surface area contributed by atoms with Crippen molar-refractivity contribution in [2.75, 3.05) is 37.2 Å². The van der Waals surface area contributed by atoms with Crippen molar-refractivity contribution >= 4 is 29.3 Å². The molecule has 1 atom stereocenters.